The van der Waals surface area contributed by atoms with Gasteiger partial charge in [-0.15, -0.1) is 0 Å². The summed E-state index contributed by atoms with van der Waals surface area (Å²) >= 11 is 0. The monoisotopic (exact) mass is 227 g/mol. The molecule has 1 N–H and O–H groups in total. The number of carbonyl (C=O) groups is 1. The summed E-state index contributed by atoms with van der Waals surface area (Å²) in [7, 11) is 2.04. The van der Waals surface area contributed by atoms with Gasteiger partial charge in [0.25, 0.3) is 0 Å². The van der Waals surface area contributed by atoms with Gasteiger partial charge >= 0.3 is 5.97 Å². The maximum Gasteiger partial charge on any atom is 0.310 e. The molecule has 1 aliphatic carbocycles. The SMILES string of the molecule is CN(CC(C)(C)C)CC1(C(=O)O)CCCC1. The fraction of sp³-hybridized carbons (Fsp3) is 0.923. The molecule has 1 rings (SSSR count). The largest absolute Gasteiger partial charge is 0.481 e. The van der Waals surface area contributed by atoms with E-state index in [1.807, 2.05) is 7.05 Å². The van der Waals surface area contributed by atoms with Crippen LogP contribution in [0.4, 0.5) is 0 Å². The van der Waals surface area contributed by atoms with E-state index in [-0.39, 0.29) is 5.41 Å². The molecule has 1 fully saturated rings. The lowest BCUT2D eigenvalue weighted by atomic mass is 9.85. The van der Waals surface area contributed by atoms with Crippen LogP contribution in [0.25, 0.3) is 0 Å². The third kappa shape index (κ3) is 3.48. The molecule has 0 aliphatic heterocycles. The minimum absolute atomic E-state index is 0.229. The Morgan fingerprint density at radius 2 is 1.81 bits per heavy atom. The Balaban J connectivity index is 2.59. The summed E-state index contributed by atoms with van der Waals surface area (Å²) in [6.07, 6.45) is 3.82. The second-order valence-corrected chi connectivity index (χ2v) is 6.53. The fourth-order valence-electron chi connectivity index (χ4n) is 2.87. The van der Waals surface area contributed by atoms with E-state index in [0.29, 0.717) is 6.54 Å². The average Bonchev–Trinajstić information content (AvgIpc) is 2.49. The molecule has 0 saturated heterocycles. The Hall–Kier alpha value is -0.570. The fourth-order valence-corrected chi connectivity index (χ4v) is 2.87. The summed E-state index contributed by atoms with van der Waals surface area (Å²) in [5.74, 6) is -0.606. The predicted molar refractivity (Wildman–Crippen MR) is 65.5 cm³/mol. The molecule has 3 heteroatoms. The Kier molecular flexibility index (Phi) is 4.00. The van der Waals surface area contributed by atoms with Crippen molar-refractivity contribution in [3.63, 3.8) is 0 Å². The summed E-state index contributed by atoms with van der Waals surface area (Å²) < 4.78 is 0. The van der Waals surface area contributed by atoms with Gasteiger partial charge in [-0.3, -0.25) is 4.79 Å². The van der Waals surface area contributed by atoms with Crippen molar-refractivity contribution in [3.05, 3.63) is 0 Å². The van der Waals surface area contributed by atoms with Gasteiger partial charge in [-0.1, -0.05) is 33.6 Å². The molecule has 94 valence electrons. The molecule has 0 bridgehead atoms. The number of hydrogen-bond donors (Lipinski definition) is 1. The number of rotatable bonds is 4. The molecule has 0 radical (unpaired) electrons. The second-order valence-electron chi connectivity index (χ2n) is 6.53. The highest BCUT2D eigenvalue weighted by molar-refractivity contribution is 5.75. The van der Waals surface area contributed by atoms with Gasteiger partial charge in [-0.05, 0) is 25.3 Å². The van der Waals surface area contributed by atoms with Crippen molar-refractivity contribution in [3.8, 4) is 0 Å². The zero-order valence-electron chi connectivity index (χ0n) is 11.0. The number of aliphatic carboxylic acids is 1. The molecule has 1 saturated carbocycles. The lowest BCUT2D eigenvalue weighted by Gasteiger charge is -2.33. The molecule has 0 amide bonds. The first-order valence-electron chi connectivity index (χ1n) is 6.17. The van der Waals surface area contributed by atoms with Gasteiger partial charge in [0.05, 0.1) is 5.41 Å². The minimum atomic E-state index is -0.606. The number of nitrogens with zero attached hydrogens (tertiary/aromatic N) is 1. The highest BCUT2D eigenvalue weighted by atomic mass is 16.4. The molecular formula is C13H25NO2. The lowest BCUT2D eigenvalue weighted by molar-refractivity contribution is -0.149. The van der Waals surface area contributed by atoms with E-state index < -0.39 is 11.4 Å². The molecule has 16 heavy (non-hydrogen) atoms. The van der Waals surface area contributed by atoms with Crippen LogP contribution in [-0.4, -0.2) is 36.1 Å². The van der Waals surface area contributed by atoms with Crippen LogP contribution in [0.15, 0.2) is 0 Å². The molecule has 1 aliphatic rings. The predicted octanol–water partition coefficient (Wildman–Crippen LogP) is 2.61. The third-order valence-corrected chi connectivity index (χ3v) is 3.33. The van der Waals surface area contributed by atoms with E-state index in [9.17, 15) is 9.90 Å². The molecular weight excluding hydrogens is 202 g/mol. The Morgan fingerprint density at radius 3 is 2.19 bits per heavy atom. The van der Waals surface area contributed by atoms with Gasteiger partial charge in [0.2, 0.25) is 0 Å². The highest BCUT2D eigenvalue weighted by Gasteiger charge is 2.42. The lowest BCUT2D eigenvalue weighted by Crippen LogP contribution is -2.42. The summed E-state index contributed by atoms with van der Waals surface area (Å²) in [5.41, 5.74) is -0.243. The number of carboxylic acids is 1. The van der Waals surface area contributed by atoms with Crippen molar-refractivity contribution in [2.45, 2.75) is 46.5 Å². The first kappa shape index (κ1) is 13.5. The van der Waals surface area contributed by atoms with E-state index in [1.165, 1.54) is 0 Å². The second kappa shape index (κ2) is 4.74. The zero-order chi connectivity index (χ0) is 12.4. The van der Waals surface area contributed by atoms with Gasteiger partial charge in [0.15, 0.2) is 0 Å². The summed E-state index contributed by atoms with van der Waals surface area (Å²) in [6.45, 7) is 8.20. The first-order chi connectivity index (χ1) is 7.25. The number of hydrogen-bond acceptors (Lipinski definition) is 2. The quantitative estimate of drug-likeness (QED) is 0.802. The van der Waals surface area contributed by atoms with Crippen molar-refractivity contribution >= 4 is 5.97 Å². The van der Waals surface area contributed by atoms with Crippen LogP contribution in [0.5, 0.6) is 0 Å². The third-order valence-electron chi connectivity index (χ3n) is 3.33. The van der Waals surface area contributed by atoms with E-state index >= 15 is 0 Å². The topological polar surface area (TPSA) is 40.5 Å². The van der Waals surface area contributed by atoms with Crippen LogP contribution >= 0.6 is 0 Å². The van der Waals surface area contributed by atoms with E-state index in [4.69, 9.17) is 0 Å². The maximum absolute atomic E-state index is 11.4. The zero-order valence-corrected chi connectivity index (χ0v) is 11.0. The molecule has 0 unspecified atom stereocenters. The van der Waals surface area contributed by atoms with E-state index in [2.05, 4.69) is 25.7 Å². The molecule has 0 aromatic heterocycles. The van der Waals surface area contributed by atoms with Crippen molar-refractivity contribution in [1.82, 2.24) is 4.90 Å². The molecule has 3 nitrogen and oxygen atoms in total. The van der Waals surface area contributed by atoms with Crippen LogP contribution in [0, 0.1) is 10.8 Å². The molecule has 0 spiro atoms. The minimum Gasteiger partial charge on any atom is -0.481 e. The van der Waals surface area contributed by atoms with Crippen LogP contribution < -0.4 is 0 Å². The van der Waals surface area contributed by atoms with Crippen molar-refractivity contribution < 1.29 is 9.90 Å². The Bertz CT molecular complexity index is 249. The summed E-state index contributed by atoms with van der Waals surface area (Å²) in [4.78, 5) is 13.6. The van der Waals surface area contributed by atoms with Crippen molar-refractivity contribution in [2.75, 3.05) is 20.1 Å². The molecule has 0 aromatic rings. The van der Waals surface area contributed by atoms with E-state index in [0.717, 1.165) is 32.2 Å². The average molecular weight is 227 g/mol. The molecule has 0 aromatic carbocycles. The van der Waals surface area contributed by atoms with Crippen LogP contribution in [-0.2, 0) is 4.79 Å². The highest BCUT2D eigenvalue weighted by Crippen LogP contribution is 2.39. The molecule has 0 heterocycles. The van der Waals surface area contributed by atoms with Crippen LogP contribution in [0.1, 0.15) is 46.5 Å². The molecule has 0 atom stereocenters. The first-order valence-corrected chi connectivity index (χ1v) is 6.17. The number of carboxylic acid groups (broad SMARTS) is 1. The van der Waals surface area contributed by atoms with Gasteiger partial charge in [-0.2, -0.15) is 0 Å². The van der Waals surface area contributed by atoms with Gasteiger partial charge in [0.1, 0.15) is 0 Å². The summed E-state index contributed by atoms with van der Waals surface area (Å²) in [6, 6.07) is 0. The Labute approximate surface area is 98.8 Å². The van der Waals surface area contributed by atoms with E-state index in [1.54, 1.807) is 0 Å². The van der Waals surface area contributed by atoms with Gasteiger partial charge < -0.3 is 10.0 Å². The Morgan fingerprint density at radius 1 is 1.31 bits per heavy atom. The van der Waals surface area contributed by atoms with Gasteiger partial charge in [-0.25, -0.2) is 0 Å². The van der Waals surface area contributed by atoms with Gasteiger partial charge in [0, 0.05) is 13.1 Å². The summed E-state index contributed by atoms with van der Waals surface area (Å²) in [5, 5.41) is 9.38. The van der Waals surface area contributed by atoms with Crippen molar-refractivity contribution in [2.24, 2.45) is 10.8 Å². The standard InChI is InChI=1S/C13H25NO2/c1-12(2,3)9-14(4)10-13(11(15)16)7-5-6-8-13/h5-10H2,1-4H3,(H,15,16). The smallest absolute Gasteiger partial charge is 0.310 e. The van der Waals surface area contributed by atoms with Crippen LogP contribution in [0.2, 0.25) is 0 Å². The normalized spacial score (nSPS) is 20.3. The van der Waals surface area contributed by atoms with Crippen LogP contribution in [0.3, 0.4) is 0 Å². The maximum atomic E-state index is 11.4. The van der Waals surface area contributed by atoms with Crippen molar-refractivity contribution in [1.29, 1.82) is 0 Å².